The summed E-state index contributed by atoms with van der Waals surface area (Å²) in [5, 5.41) is 2.52. The molecular formula is C21H19F5N2O4S. The molecule has 0 aromatic heterocycles. The molecule has 0 saturated carbocycles. The van der Waals surface area contributed by atoms with Crippen molar-refractivity contribution >= 4 is 27.2 Å². The zero-order valence-electron chi connectivity index (χ0n) is 17.4. The summed E-state index contributed by atoms with van der Waals surface area (Å²) in [6.45, 7) is 1.54. The Bertz CT molecular complexity index is 1200. The number of hydrogen-bond acceptors (Lipinski definition) is 4. The second-order valence-electron chi connectivity index (χ2n) is 7.44. The van der Waals surface area contributed by atoms with Gasteiger partial charge in [0.25, 0.3) is 0 Å². The molecule has 6 nitrogen and oxygen atoms in total. The molecule has 33 heavy (non-hydrogen) atoms. The number of amides is 1. The lowest BCUT2D eigenvalue weighted by Crippen LogP contribution is -2.26. The number of rotatable bonds is 5. The molecule has 0 spiro atoms. The van der Waals surface area contributed by atoms with Crippen molar-refractivity contribution in [1.82, 2.24) is 5.32 Å². The molecule has 2 N–H and O–H groups in total. The SMILES string of the molecule is C[C@@H](NC(=O)/C=C1\CCOc2cc(C(F)(F)F)ccc21)c1cc(F)c(NS(C)(=O)=O)c(F)c1. The summed E-state index contributed by atoms with van der Waals surface area (Å²) in [6.07, 6.45) is -2.33. The van der Waals surface area contributed by atoms with Crippen molar-refractivity contribution in [2.75, 3.05) is 17.6 Å². The number of alkyl halides is 3. The largest absolute Gasteiger partial charge is 0.493 e. The molecular weight excluding hydrogens is 471 g/mol. The van der Waals surface area contributed by atoms with Gasteiger partial charge in [0.2, 0.25) is 15.9 Å². The summed E-state index contributed by atoms with van der Waals surface area (Å²) in [5.41, 5.74) is -0.888. The third-order valence-electron chi connectivity index (χ3n) is 4.80. The fourth-order valence-electron chi connectivity index (χ4n) is 3.26. The molecule has 0 saturated heterocycles. The van der Waals surface area contributed by atoms with Gasteiger partial charge in [-0.3, -0.25) is 9.52 Å². The minimum atomic E-state index is -4.54. The average Bonchev–Trinajstić information content (AvgIpc) is 2.69. The number of fused-ring (bicyclic) bond motifs is 1. The summed E-state index contributed by atoms with van der Waals surface area (Å²) in [6, 6.07) is 3.88. The second kappa shape index (κ2) is 9.00. The van der Waals surface area contributed by atoms with E-state index < -0.39 is 51.0 Å². The van der Waals surface area contributed by atoms with Crippen molar-refractivity contribution in [3.8, 4) is 5.75 Å². The molecule has 2 aromatic rings. The molecule has 1 aliphatic rings. The first-order valence-corrected chi connectivity index (χ1v) is 11.5. The zero-order valence-corrected chi connectivity index (χ0v) is 18.2. The predicted molar refractivity (Wildman–Crippen MR) is 111 cm³/mol. The molecule has 178 valence electrons. The molecule has 3 rings (SSSR count). The topological polar surface area (TPSA) is 84.5 Å². The van der Waals surface area contributed by atoms with Gasteiger partial charge in [0, 0.05) is 18.1 Å². The smallest absolute Gasteiger partial charge is 0.416 e. The van der Waals surface area contributed by atoms with Crippen LogP contribution < -0.4 is 14.8 Å². The van der Waals surface area contributed by atoms with Crippen molar-refractivity contribution in [2.45, 2.75) is 25.6 Å². The minimum absolute atomic E-state index is 0.00119. The van der Waals surface area contributed by atoms with Gasteiger partial charge in [0.15, 0.2) is 11.6 Å². The van der Waals surface area contributed by atoms with Gasteiger partial charge in [0.05, 0.1) is 24.5 Å². The maximum Gasteiger partial charge on any atom is 0.416 e. The van der Waals surface area contributed by atoms with Crippen molar-refractivity contribution in [1.29, 1.82) is 0 Å². The predicted octanol–water partition coefficient (Wildman–Crippen LogP) is 4.40. The summed E-state index contributed by atoms with van der Waals surface area (Å²) in [7, 11) is -3.91. The second-order valence-corrected chi connectivity index (χ2v) is 9.19. The van der Waals surface area contributed by atoms with Gasteiger partial charge in [-0.25, -0.2) is 17.2 Å². The summed E-state index contributed by atoms with van der Waals surface area (Å²) in [4.78, 5) is 12.5. The minimum Gasteiger partial charge on any atom is -0.493 e. The zero-order chi connectivity index (χ0) is 24.6. The Kier molecular flexibility index (Phi) is 6.68. The van der Waals surface area contributed by atoms with Crippen LogP contribution in [0, 0.1) is 11.6 Å². The lowest BCUT2D eigenvalue weighted by Gasteiger charge is -2.22. The maximum atomic E-state index is 14.2. The first-order chi connectivity index (χ1) is 15.2. The summed E-state index contributed by atoms with van der Waals surface area (Å²) < 4.78 is 96.7. The van der Waals surface area contributed by atoms with Crippen LogP contribution in [0.2, 0.25) is 0 Å². The number of sulfonamides is 1. The summed E-state index contributed by atoms with van der Waals surface area (Å²) in [5.74, 6) is -2.95. The van der Waals surface area contributed by atoms with Gasteiger partial charge in [-0.15, -0.1) is 0 Å². The third-order valence-corrected chi connectivity index (χ3v) is 5.37. The molecule has 1 heterocycles. The lowest BCUT2D eigenvalue weighted by molar-refractivity contribution is -0.137. The normalized spacial score (nSPS) is 16.0. The van der Waals surface area contributed by atoms with Crippen LogP contribution in [0.3, 0.4) is 0 Å². The van der Waals surface area contributed by atoms with Crippen LogP contribution in [0.25, 0.3) is 5.57 Å². The number of benzene rings is 2. The Morgan fingerprint density at radius 3 is 2.36 bits per heavy atom. The fourth-order valence-corrected chi connectivity index (χ4v) is 3.83. The van der Waals surface area contributed by atoms with Crippen LogP contribution in [0.15, 0.2) is 36.4 Å². The van der Waals surface area contributed by atoms with E-state index in [0.717, 1.165) is 30.5 Å². The van der Waals surface area contributed by atoms with Gasteiger partial charge in [-0.1, -0.05) is 6.07 Å². The van der Waals surface area contributed by atoms with Gasteiger partial charge < -0.3 is 10.1 Å². The fraction of sp³-hybridized carbons (Fsp3) is 0.286. The van der Waals surface area contributed by atoms with E-state index in [1.807, 2.05) is 0 Å². The Morgan fingerprint density at radius 1 is 1.15 bits per heavy atom. The van der Waals surface area contributed by atoms with Crippen LogP contribution in [-0.2, 0) is 21.0 Å². The highest BCUT2D eigenvalue weighted by atomic mass is 32.2. The lowest BCUT2D eigenvalue weighted by atomic mass is 9.97. The van der Waals surface area contributed by atoms with Gasteiger partial charge in [0.1, 0.15) is 11.4 Å². The number of ether oxygens (including phenoxy) is 1. The first kappa shape index (κ1) is 24.5. The molecule has 12 heteroatoms. The molecule has 2 aromatic carbocycles. The third kappa shape index (κ3) is 6.01. The molecule has 1 amide bonds. The molecule has 0 fully saturated rings. The van der Waals surface area contributed by atoms with Gasteiger partial charge >= 0.3 is 6.18 Å². The van der Waals surface area contributed by atoms with Crippen molar-refractivity contribution in [2.24, 2.45) is 0 Å². The highest BCUT2D eigenvalue weighted by Crippen LogP contribution is 2.38. The number of anilines is 1. The number of hydrogen-bond donors (Lipinski definition) is 2. The highest BCUT2D eigenvalue weighted by Gasteiger charge is 2.32. The van der Waals surface area contributed by atoms with E-state index in [1.54, 1.807) is 4.72 Å². The van der Waals surface area contributed by atoms with Crippen LogP contribution in [-0.4, -0.2) is 27.2 Å². The Morgan fingerprint density at radius 2 is 1.79 bits per heavy atom. The average molecular weight is 490 g/mol. The Balaban J connectivity index is 1.79. The first-order valence-electron chi connectivity index (χ1n) is 9.57. The van der Waals surface area contributed by atoms with Crippen LogP contribution in [0.1, 0.15) is 36.1 Å². The Hall–Kier alpha value is -3.15. The van der Waals surface area contributed by atoms with E-state index in [4.69, 9.17) is 4.74 Å². The molecule has 0 aliphatic carbocycles. The molecule has 0 radical (unpaired) electrons. The van der Waals surface area contributed by atoms with Crippen LogP contribution >= 0.6 is 0 Å². The Labute approximate surface area is 186 Å². The molecule has 0 unspecified atom stereocenters. The van der Waals surface area contributed by atoms with Crippen molar-refractivity contribution < 1.29 is 39.9 Å². The molecule has 1 atom stereocenters. The van der Waals surface area contributed by atoms with Gasteiger partial charge in [-0.05, 0) is 42.3 Å². The van der Waals surface area contributed by atoms with E-state index in [0.29, 0.717) is 11.1 Å². The summed E-state index contributed by atoms with van der Waals surface area (Å²) >= 11 is 0. The van der Waals surface area contributed by atoms with E-state index in [2.05, 4.69) is 5.32 Å². The number of nitrogens with one attached hydrogen (secondary N) is 2. The monoisotopic (exact) mass is 490 g/mol. The number of carbonyl (C=O) groups is 1. The van der Waals surface area contributed by atoms with Crippen LogP contribution in [0.4, 0.5) is 27.6 Å². The van der Waals surface area contributed by atoms with E-state index in [-0.39, 0.29) is 24.3 Å². The van der Waals surface area contributed by atoms with Crippen LogP contribution in [0.5, 0.6) is 5.75 Å². The van der Waals surface area contributed by atoms with Crippen molar-refractivity contribution in [3.63, 3.8) is 0 Å². The van der Waals surface area contributed by atoms with E-state index in [9.17, 15) is 35.2 Å². The maximum absolute atomic E-state index is 14.2. The number of halogens is 5. The standard InChI is InChI=1S/C21H19F5N2O4S/c1-11(13-7-16(22)20(17(23)8-13)28-33(2,30)31)27-19(29)9-12-5-6-32-18-10-14(21(24,25)26)3-4-15(12)18/h3-4,7-11,28H,5-6H2,1-2H3,(H,27,29)/b12-9+/t11-/m1/s1. The molecule has 1 aliphatic heterocycles. The highest BCUT2D eigenvalue weighted by molar-refractivity contribution is 7.92. The molecule has 0 bridgehead atoms. The van der Waals surface area contributed by atoms with E-state index in [1.165, 1.54) is 19.1 Å². The quantitative estimate of drug-likeness (QED) is 0.481. The van der Waals surface area contributed by atoms with E-state index >= 15 is 0 Å². The van der Waals surface area contributed by atoms with Gasteiger partial charge in [-0.2, -0.15) is 13.2 Å². The number of carbonyl (C=O) groups excluding carboxylic acids is 1. The van der Waals surface area contributed by atoms with Crippen molar-refractivity contribution in [3.05, 3.63) is 64.7 Å².